The highest BCUT2D eigenvalue weighted by atomic mass is 19.1. The molecule has 2 heterocycles. The van der Waals surface area contributed by atoms with Crippen LogP contribution in [0.25, 0.3) is 22.4 Å². The molecule has 0 unspecified atom stereocenters. The number of aromatic nitrogens is 3. The van der Waals surface area contributed by atoms with Crippen LogP contribution in [0.2, 0.25) is 0 Å². The molecule has 0 spiro atoms. The van der Waals surface area contributed by atoms with Gasteiger partial charge in [0.05, 0.1) is 16.9 Å². The molecule has 5 nitrogen and oxygen atoms in total. The third kappa shape index (κ3) is 4.87. The van der Waals surface area contributed by atoms with Gasteiger partial charge in [0.25, 0.3) is 0 Å². The molecule has 0 saturated carbocycles. The van der Waals surface area contributed by atoms with Crippen molar-refractivity contribution < 1.29 is 8.78 Å². The highest BCUT2D eigenvalue weighted by Gasteiger charge is 2.24. The van der Waals surface area contributed by atoms with Crippen molar-refractivity contribution in [3.63, 3.8) is 0 Å². The first-order valence-electron chi connectivity index (χ1n) is 11.6. The zero-order valence-corrected chi connectivity index (χ0v) is 19.5. The standard InChI is InChI=1S/C29H25F2N5/c30-25-11-12-26(36(18-20-7-3-1-4-8-20)19-21-9-5-2-6-10-21)28(31)27(25)29-24(17-34-35-29)22-13-14-33-23(15-22)16-32/h1-15,17H,16,18-19,32H2,(H,34,35). The lowest BCUT2D eigenvalue weighted by molar-refractivity contribution is 0.582. The predicted octanol–water partition coefficient (Wildman–Crippen LogP) is 6.08. The summed E-state index contributed by atoms with van der Waals surface area (Å²) in [5, 5.41) is 7.00. The minimum Gasteiger partial charge on any atom is -0.360 e. The lowest BCUT2D eigenvalue weighted by Gasteiger charge is -2.26. The largest absolute Gasteiger partial charge is 0.360 e. The number of nitrogens with one attached hydrogen (secondary N) is 1. The van der Waals surface area contributed by atoms with Gasteiger partial charge in [0, 0.05) is 37.6 Å². The molecule has 7 heteroatoms. The SMILES string of the molecule is NCc1cc(-c2c[nH]nc2-c2c(F)ccc(N(Cc3ccccc3)Cc3ccccc3)c2F)ccn1. The summed E-state index contributed by atoms with van der Waals surface area (Å²) in [5.41, 5.74) is 10.1. The van der Waals surface area contributed by atoms with Crippen LogP contribution in [0.5, 0.6) is 0 Å². The lowest BCUT2D eigenvalue weighted by Crippen LogP contribution is -2.23. The molecule has 0 aliphatic heterocycles. The molecule has 2 aromatic heterocycles. The van der Waals surface area contributed by atoms with Crippen LogP contribution in [0.3, 0.4) is 0 Å². The van der Waals surface area contributed by atoms with Crippen LogP contribution in [0.15, 0.2) is 97.3 Å². The highest BCUT2D eigenvalue weighted by Crippen LogP contribution is 2.37. The topological polar surface area (TPSA) is 70.8 Å². The van der Waals surface area contributed by atoms with Crippen molar-refractivity contribution in [3.8, 4) is 22.4 Å². The molecule has 0 amide bonds. The number of benzene rings is 3. The molecule has 3 aromatic carbocycles. The molecule has 3 N–H and O–H groups in total. The molecular weight excluding hydrogens is 456 g/mol. The molecule has 0 radical (unpaired) electrons. The van der Waals surface area contributed by atoms with Gasteiger partial charge in [0.2, 0.25) is 0 Å². The molecule has 5 aromatic rings. The van der Waals surface area contributed by atoms with Crippen LogP contribution in [-0.4, -0.2) is 15.2 Å². The van der Waals surface area contributed by atoms with E-state index in [1.807, 2.05) is 65.6 Å². The maximum Gasteiger partial charge on any atom is 0.158 e. The summed E-state index contributed by atoms with van der Waals surface area (Å²) < 4.78 is 31.4. The highest BCUT2D eigenvalue weighted by molar-refractivity contribution is 5.82. The summed E-state index contributed by atoms with van der Waals surface area (Å²) in [6.07, 6.45) is 3.25. The molecular formula is C29H25F2N5. The van der Waals surface area contributed by atoms with Gasteiger partial charge in [-0.25, -0.2) is 8.78 Å². The van der Waals surface area contributed by atoms with Gasteiger partial charge in [-0.3, -0.25) is 10.1 Å². The number of nitrogens with zero attached hydrogens (tertiary/aromatic N) is 3. The van der Waals surface area contributed by atoms with Gasteiger partial charge in [-0.05, 0) is 41.0 Å². The van der Waals surface area contributed by atoms with Gasteiger partial charge in [0.1, 0.15) is 11.5 Å². The normalized spacial score (nSPS) is 11.0. The van der Waals surface area contributed by atoms with Crippen LogP contribution >= 0.6 is 0 Å². The number of halogens is 2. The monoisotopic (exact) mass is 481 g/mol. The van der Waals surface area contributed by atoms with Gasteiger partial charge >= 0.3 is 0 Å². The summed E-state index contributed by atoms with van der Waals surface area (Å²) in [6, 6.07) is 26.0. The van der Waals surface area contributed by atoms with Crippen molar-refractivity contribution in [2.24, 2.45) is 5.73 Å². The Bertz CT molecular complexity index is 1410. The number of hydrogen-bond donors (Lipinski definition) is 2. The molecule has 0 atom stereocenters. The van der Waals surface area contributed by atoms with Gasteiger partial charge in [-0.2, -0.15) is 5.10 Å². The minimum absolute atomic E-state index is 0.180. The average Bonchev–Trinajstić information content (AvgIpc) is 3.39. The van der Waals surface area contributed by atoms with Gasteiger partial charge in [-0.1, -0.05) is 60.7 Å². The van der Waals surface area contributed by atoms with E-state index >= 15 is 8.78 Å². The first-order valence-corrected chi connectivity index (χ1v) is 11.6. The van der Waals surface area contributed by atoms with Crippen molar-refractivity contribution in [1.29, 1.82) is 0 Å². The Morgan fingerprint density at radius 1 is 0.833 bits per heavy atom. The van der Waals surface area contributed by atoms with Gasteiger partial charge in [0.15, 0.2) is 5.82 Å². The second-order valence-corrected chi connectivity index (χ2v) is 8.47. The fourth-order valence-electron chi connectivity index (χ4n) is 4.29. The first kappa shape index (κ1) is 23.4. The number of nitrogens with two attached hydrogens (primary N) is 1. The number of anilines is 1. The quantitative estimate of drug-likeness (QED) is 0.282. The van der Waals surface area contributed by atoms with Crippen LogP contribution in [0.4, 0.5) is 14.5 Å². The maximum atomic E-state index is 16.2. The van der Waals surface area contributed by atoms with E-state index in [1.54, 1.807) is 24.5 Å². The van der Waals surface area contributed by atoms with Crippen LogP contribution in [0.1, 0.15) is 16.8 Å². The Morgan fingerprint density at radius 3 is 2.14 bits per heavy atom. The number of pyridine rings is 1. The molecule has 0 fully saturated rings. The minimum atomic E-state index is -0.683. The summed E-state index contributed by atoms with van der Waals surface area (Å²) in [6.45, 7) is 1.16. The average molecular weight is 482 g/mol. The number of H-pyrrole nitrogens is 1. The molecule has 5 rings (SSSR count). The van der Waals surface area contributed by atoms with E-state index < -0.39 is 11.6 Å². The fraction of sp³-hybridized carbons (Fsp3) is 0.103. The molecule has 0 bridgehead atoms. The Kier molecular flexibility index (Phi) is 6.82. The van der Waals surface area contributed by atoms with E-state index in [-0.39, 0.29) is 17.8 Å². The van der Waals surface area contributed by atoms with Crippen LogP contribution in [0, 0.1) is 11.6 Å². The predicted molar refractivity (Wildman–Crippen MR) is 138 cm³/mol. The van der Waals surface area contributed by atoms with Crippen molar-refractivity contribution in [2.45, 2.75) is 19.6 Å². The third-order valence-electron chi connectivity index (χ3n) is 6.06. The number of aromatic amines is 1. The second kappa shape index (κ2) is 10.5. The van der Waals surface area contributed by atoms with E-state index in [4.69, 9.17) is 5.73 Å². The molecule has 0 aliphatic rings. The van der Waals surface area contributed by atoms with Gasteiger partial charge < -0.3 is 10.6 Å². The first-order chi connectivity index (χ1) is 17.6. The maximum absolute atomic E-state index is 16.2. The zero-order valence-electron chi connectivity index (χ0n) is 19.5. The van der Waals surface area contributed by atoms with Crippen LogP contribution in [-0.2, 0) is 19.6 Å². The number of hydrogen-bond acceptors (Lipinski definition) is 4. The van der Waals surface area contributed by atoms with Gasteiger partial charge in [-0.15, -0.1) is 0 Å². The van der Waals surface area contributed by atoms with Crippen LogP contribution < -0.4 is 10.6 Å². The summed E-state index contributed by atoms with van der Waals surface area (Å²) in [4.78, 5) is 6.12. The fourth-order valence-corrected chi connectivity index (χ4v) is 4.29. The molecule has 0 saturated heterocycles. The summed E-state index contributed by atoms with van der Waals surface area (Å²) >= 11 is 0. The summed E-state index contributed by atoms with van der Waals surface area (Å²) in [7, 11) is 0. The lowest BCUT2D eigenvalue weighted by atomic mass is 10.00. The van der Waals surface area contributed by atoms with Crippen molar-refractivity contribution in [3.05, 3.63) is 126 Å². The molecule has 180 valence electrons. The van der Waals surface area contributed by atoms with E-state index in [0.717, 1.165) is 16.7 Å². The van der Waals surface area contributed by atoms with E-state index in [1.165, 1.54) is 12.1 Å². The molecule has 36 heavy (non-hydrogen) atoms. The number of rotatable bonds is 8. The summed E-state index contributed by atoms with van der Waals surface area (Å²) in [5.74, 6) is -1.35. The Balaban J connectivity index is 1.60. The Hall–Kier alpha value is -4.36. The van der Waals surface area contributed by atoms with E-state index in [2.05, 4.69) is 15.2 Å². The van der Waals surface area contributed by atoms with Crippen molar-refractivity contribution in [1.82, 2.24) is 15.2 Å². The van der Waals surface area contributed by atoms with Crippen molar-refractivity contribution in [2.75, 3.05) is 4.90 Å². The van der Waals surface area contributed by atoms with Crippen molar-refractivity contribution >= 4 is 5.69 Å². The third-order valence-corrected chi connectivity index (χ3v) is 6.06. The second-order valence-electron chi connectivity index (χ2n) is 8.47. The Labute approximate surface area is 208 Å². The smallest absolute Gasteiger partial charge is 0.158 e. The van der Waals surface area contributed by atoms with E-state index in [0.29, 0.717) is 30.0 Å². The van der Waals surface area contributed by atoms with E-state index in [9.17, 15) is 0 Å². The Morgan fingerprint density at radius 2 is 1.50 bits per heavy atom. The molecule has 0 aliphatic carbocycles. The zero-order chi connectivity index (χ0) is 24.9.